The number of alkyl carbamates (subject to hydrolysis) is 1. The van der Waals surface area contributed by atoms with Crippen LogP contribution in [0.4, 0.5) is 4.79 Å². The van der Waals surface area contributed by atoms with Gasteiger partial charge in [0.2, 0.25) is 0 Å². The van der Waals surface area contributed by atoms with E-state index in [4.69, 9.17) is 21.1 Å². The molecule has 24 heavy (non-hydrogen) atoms. The van der Waals surface area contributed by atoms with Gasteiger partial charge in [0.05, 0.1) is 12.1 Å². The Bertz CT molecular complexity index is 686. The molecule has 0 aliphatic carbocycles. The largest absolute Gasteiger partial charge is 0.495 e. The summed E-state index contributed by atoms with van der Waals surface area (Å²) in [4.78, 5) is 11.6. The number of halogens is 1. The normalized spacial score (nSPS) is 10.6. The van der Waals surface area contributed by atoms with E-state index in [0.29, 0.717) is 23.7 Å². The van der Waals surface area contributed by atoms with Crippen molar-refractivity contribution >= 4 is 23.8 Å². The molecule has 0 atom stereocenters. The van der Waals surface area contributed by atoms with E-state index in [1.807, 2.05) is 60.7 Å². The summed E-state index contributed by atoms with van der Waals surface area (Å²) < 4.78 is 10.2. The number of hydrogen-bond donors (Lipinski definition) is 1. The van der Waals surface area contributed by atoms with E-state index in [9.17, 15) is 4.79 Å². The van der Waals surface area contributed by atoms with Gasteiger partial charge in [-0.3, -0.25) is 0 Å². The number of carbonyl (C=O) groups excluding carboxylic acids is 1. The third kappa shape index (κ3) is 5.97. The molecule has 0 saturated carbocycles. The Kier molecular flexibility index (Phi) is 7.18. The van der Waals surface area contributed by atoms with Crippen LogP contribution in [-0.2, 0) is 11.3 Å². The highest BCUT2D eigenvalue weighted by Crippen LogP contribution is 2.25. The highest BCUT2D eigenvalue weighted by Gasteiger charge is 2.01. The molecule has 2 aromatic rings. The molecule has 5 heteroatoms. The Balaban J connectivity index is 1.66. The predicted octanol–water partition coefficient (Wildman–Crippen LogP) is 4.68. The topological polar surface area (TPSA) is 47.6 Å². The number of benzene rings is 2. The number of carbonyl (C=O) groups is 1. The average molecular weight is 346 g/mol. The van der Waals surface area contributed by atoms with Crippen LogP contribution in [0.3, 0.4) is 0 Å². The lowest BCUT2D eigenvalue weighted by Crippen LogP contribution is -2.24. The van der Waals surface area contributed by atoms with Gasteiger partial charge >= 0.3 is 6.09 Å². The number of methoxy groups -OCH3 is 1. The summed E-state index contributed by atoms with van der Waals surface area (Å²) in [6.07, 6.45) is 4.20. The maximum atomic E-state index is 11.6. The van der Waals surface area contributed by atoms with Crippen molar-refractivity contribution in [2.45, 2.75) is 13.0 Å². The minimum Gasteiger partial charge on any atom is -0.495 e. The number of rotatable bonds is 7. The van der Waals surface area contributed by atoms with Crippen LogP contribution in [0, 0.1) is 0 Å². The van der Waals surface area contributed by atoms with E-state index in [-0.39, 0.29) is 6.61 Å². The first-order valence-electron chi connectivity index (χ1n) is 7.63. The second-order valence-corrected chi connectivity index (χ2v) is 5.48. The monoisotopic (exact) mass is 345 g/mol. The molecule has 126 valence electrons. The van der Waals surface area contributed by atoms with Crippen LogP contribution < -0.4 is 10.1 Å². The summed E-state index contributed by atoms with van der Waals surface area (Å²) >= 11 is 6.06. The van der Waals surface area contributed by atoms with Crippen LogP contribution >= 0.6 is 11.6 Å². The van der Waals surface area contributed by atoms with Crippen LogP contribution in [0.1, 0.15) is 17.5 Å². The molecule has 0 radical (unpaired) electrons. The number of hydrogen-bond acceptors (Lipinski definition) is 3. The van der Waals surface area contributed by atoms with Crippen LogP contribution in [0.25, 0.3) is 6.08 Å². The molecule has 4 nitrogen and oxygen atoms in total. The molecule has 0 spiro atoms. The van der Waals surface area contributed by atoms with Crippen LogP contribution in [0.15, 0.2) is 54.6 Å². The van der Waals surface area contributed by atoms with Gasteiger partial charge in [0, 0.05) is 6.54 Å². The van der Waals surface area contributed by atoms with Crippen molar-refractivity contribution in [2.75, 3.05) is 13.7 Å². The molecular formula is C19H20ClNO3. The Labute approximate surface area is 147 Å². The fourth-order valence-corrected chi connectivity index (χ4v) is 2.30. The Morgan fingerprint density at radius 1 is 1.21 bits per heavy atom. The fourth-order valence-electron chi connectivity index (χ4n) is 2.04. The van der Waals surface area contributed by atoms with E-state index < -0.39 is 6.09 Å². The lowest BCUT2D eigenvalue weighted by atomic mass is 10.2. The van der Waals surface area contributed by atoms with Crippen LogP contribution in [-0.4, -0.2) is 19.7 Å². The molecule has 0 fully saturated rings. The molecule has 0 aliphatic heterocycles. The third-order valence-electron chi connectivity index (χ3n) is 3.28. The molecule has 2 aromatic carbocycles. The molecule has 1 N–H and O–H groups in total. The highest BCUT2D eigenvalue weighted by atomic mass is 35.5. The zero-order valence-electron chi connectivity index (χ0n) is 13.5. The van der Waals surface area contributed by atoms with Crippen LogP contribution in [0.5, 0.6) is 5.75 Å². The zero-order valence-corrected chi connectivity index (χ0v) is 14.3. The molecule has 0 aromatic heterocycles. The SMILES string of the molecule is COc1ccc(C=CCCNC(=O)OCc2ccccc2)cc1Cl. The quantitative estimate of drug-likeness (QED) is 0.741. The van der Waals surface area contributed by atoms with E-state index in [1.165, 1.54) is 0 Å². The minimum atomic E-state index is -0.417. The average Bonchev–Trinajstić information content (AvgIpc) is 2.61. The van der Waals surface area contributed by atoms with E-state index >= 15 is 0 Å². The molecule has 2 rings (SSSR count). The highest BCUT2D eigenvalue weighted by molar-refractivity contribution is 6.32. The van der Waals surface area contributed by atoms with Gasteiger partial charge in [-0.1, -0.05) is 60.2 Å². The summed E-state index contributed by atoms with van der Waals surface area (Å²) in [5.74, 6) is 0.650. The lowest BCUT2D eigenvalue weighted by molar-refractivity contribution is 0.140. The van der Waals surface area contributed by atoms with Gasteiger partial charge in [0.15, 0.2) is 0 Å². The summed E-state index contributed by atoms with van der Waals surface area (Å²) in [5.41, 5.74) is 1.94. The number of ether oxygens (including phenoxy) is 2. The van der Waals surface area contributed by atoms with Gasteiger partial charge in [0.25, 0.3) is 0 Å². The van der Waals surface area contributed by atoms with Gasteiger partial charge in [0.1, 0.15) is 12.4 Å². The van der Waals surface area contributed by atoms with E-state index in [0.717, 1.165) is 11.1 Å². The molecule has 0 bridgehead atoms. The number of nitrogens with one attached hydrogen (secondary N) is 1. The minimum absolute atomic E-state index is 0.271. The summed E-state index contributed by atoms with van der Waals surface area (Å²) in [5, 5.41) is 3.28. The first-order valence-corrected chi connectivity index (χ1v) is 8.01. The first-order chi connectivity index (χ1) is 11.7. The maximum Gasteiger partial charge on any atom is 0.407 e. The molecule has 0 saturated heterocycles. The molecule has 0 unspecified atom stereocenters. The number of amides is 1. The maximum absolute atomic E-state index is 11.6. The van der Waals surface area contributed by atoms with Crippen LogP contribution in [0.2, 0.25) is 5.02 Å². The summed E-state index contributed by atoms with van der Waals surface area (Å²) in [6, 6.07) is 15.1. The van der Waals surface area contributed by atoms with Crippen molar-refractivity contribution in [2.24, 2.45) is 0 Å². The van der Waals surface area contributed by atoms with Gasteiger partial charge < -0.3 is 14.8 Å². The van der Waals surface area contributed by atoms with Crippen molar-refractivity contribution < 1.29 is 14.3 Å². The van der Waals surface area contributed by atoms with Gasteiger partial charge in [-0.2, -0.15) is 0 Å². The van der Waals surface area contributed by atoms with E-state index in [2.05, 4.69) is 5.32 Å². The van der Waals surface area contributed by atoms with Gasteiger partial charge in [-0.25, -0.2) is 4.79 Å². The smallest absolute Gasteiger partial charge is 0.407 e. The Hall–Kier alpha value is -2.46. The third-order valence-corrected chi connectivity index (χ3v) is 3.57. The van der Waals surface area contributed by atoms with Gasteiger partial charge in [-0.05, 0) is 29.7 Å². The standard InChI is InChI=1S/C19H20ClNO3/c1-23-18-11-10-15(13-17(18)20)7-5-6-12-21-19(22)24-14-16-8-3-2-4-9-16/h2-5,7-11,13H,6,12,14H2,1H3,(H,21,22). The van der Waals surface area contributed by atoms with Crippen molar-refractivity contribution in [3.63, 3.8) is 0 Å². The Morgan fingerprint density at radius 2 is 2.00 bits per heavy atom. The van der Waals surface area contributed by atoms with Crippen molar-refractivity contribution in [3.8, 4) is 5.75 Å². The predicted molar refractivity (Wildman–Crippen MR) is 96.3 cm³/mol. The van der Waals surface area contributed by atoms with E-state index in [1.54, 1.807) is 7.11 Å². The van der Waals surface area contributed by atoms with Crippen molar-refractivity contribution in [3.05, 3.63) is 70.8 Å². The summed E-state index contributed by atoms with van der Waals surface area (Å²) in [6.45, 7) is 0.779. The molecular weight excluding hydrogens is 326 g/mol. The Morgan fingerprint density at radius 3 is 2.71 bits per heavy atom. The second-order valence-electron chi connectivity index (χ2n) is 5.07. The summed E-state index contributed by atoms with van der Waals surface area (Å²) in [7, 11) is 1.58. The molecule has 0 aliphatic rings. The molecule has 1 amide bonds. The first kappa shape index (κ1) is 17.9. The van der Waals surface area contributed by atoms with Gasteiger partial charge in [-0.15, -0.1) is 0 Å². The second kappa shape index (κ2) is 9.63. The van der Waals surface area contributed by atoms with Crippen molar-refractivity contribution in [1.82, 2.24) is 5.32 Å². The molecule has 0 heterocycles. The fraction of sp³-hybridized carbons (Fsp3) is 0.211. The zero-order chi connectivity index (χ0) is 17.2. The van der Waals surface area contributed by atoms with Crippen molar-refractivity contribution in [1.29, 1.82) is 0 Å². The lowest BCUT2D eigenvalue weighted by Gasteiger charge is -2.06.